The number of carbonyl (C=O) groups is 2. The number of imidazole rings is 1. The lowest BCUT2D eigenvalue weighted by Gasteiger charge is -2.26. The molecular formula is C26H33N2O4Si. The van der Waals surface area contributed by atoms with Crippen LogP contribution >= 0.6 is 0 Å². The number of Topliss-reactive ketones (excluding diaryl/α,β-unsaturated/α-hetero) is 1. The zero-order valence-electron chi connectivity index (χ0n) is 20.4. The molecule has 1 heterocycles. The molecule has 1 aromatic heterocycles. The maximum atomic E-state index is 13.4. The van der Waals surface area contributed by atoms with Crippen molar-refractivity contribution in [2.24, 2.45) is 0 Å². The first-order chi connectivity index (χ1) is 15.6. The second-order valence-electron chi connectivity index (χ2n) is 9.36. The van der Waals surface area contributed by atoms with Crippen molar-refractivity contribution in [3.05, 3.63) is 58.9 Å². The number of benzene rings is 2. The van der Waals surface area contributed by atoms with Gasteiger partial charge >= 0.3 is 5.97 Å². The second kappa shape index (κ2) is 10.3. The molecule has 1 radical (unpaired) electrons. The highest BCUT2D eigenvalue weighted by atomic mass is 28.3. The number of aryl methyl sites for hydroxylation is 2. The molecule has 0 saturated carbocycles. The number of ether oxygens (including phenoxy) is 1. The van der Waals surface area contributed by atoms with E-state index in [4.69, 9.17) is 14.1 Å². The van der Waals surface area contributed by atoms with Crippen molar-refractivity contribution >= 4 is 31.8 Å². The summed E-state index contributed by atoms with van der Waals surface area (Å²) in [5.41, 5.74) is 3.59. The summed E-state index contributed by atoms with van der Waals surface area (Å²) in [6.45, 7) is 12.3. The van der Waals surface area contributed by atoms with E-state index in [9.17, 15) is 9.59 Å². The number of aromatic nitrogens is 2. The lowest BCUT2D eigenvalue weighted by Crippen LogP contribution is -2.22. The maximum absolute atomic E-state index is 13.4. The van der Waals surface area contributed by atoms with Gasteiger partial charge in [-0.25, -0.2) is 4.98 Å². The van der Waals surface area contributed by atoms with Crippen LogP contribution in [0.15, 0.2) is 36.4 Å². The zero-order chi connectivity index (χ0) is 24.2. The number of rotatable bonds is 9. The molecule has 0 aliphatic carbocycles. The third-order valence-electron chi connectivity index (χ3n) is 5.27. The van der Waals surface area contributed by atoms with Crippen LogP contribution in [0.4, 0.5) is 0 Å². The van der Waals surface area contributed by atoms with Gasteiger partial charge in [0.2, 0.25) is 0 Å². The van der Waals surface area contributed by atoms with Crippen LogP contribution in [0.25, 0.3) is 11.0 Å². The summed E-state index contributed by atoms with van der Waals surface area (Å²) in [7, 11) is -1.17. The molecule has 0 atom stereocenters. The number of fused-ring (bicyclic) bond motifs is 1. The number of hydrogen-bond donors (Lipinski definition) is 1. The fraction of sp³-hybridized carbons (Fsp3) is 0.423. The summed E-state index contributed by atoms with van der Waals surface area (Å²) in [5.74, 6) is 0.476. The summed E-state index contributed by atoms with van der Waals surface area (Å²) >= 11 is 0. The zero-order valence-corrected chi connectivity index (χ0v) is 21.4. The Balaban J connectivity index is 2.12. The Morgan fingerprint density at radius 2 is 1.79 bits per heavy atom. The van der Waals surface area contributed by atoms with Gasteiger partial charge in [-0.15, -0.1) is 0 Å². The number of esters is 1. The Morgan fingerprint density at radius 1 is 1.09 bits per heavy atom. The smallest absolute Gasteiger partial charge is 0.313 e. The highest BCUT2D eigenvalue weighted by Crippen LogP contribution is 2.39. The highest BCUT2D eigenvalue weighted by Gasteiger charge is 2.30. The van der Waals surface area contributed by atoms with E-state index in [1.54, 1.807) is 6.92 Å². The topological polar surface area (TPSA) is 81.3 Å². The SMILES string of the molecule is CCOC(=O)CC(=O)c1c(O[Si](C)C)c(C(C)(C)C)cc2[nH]c(CCc3ccccc3)nc12. The molecule has 6 nitrogen and oxygen atoms in total. The molecule has 1 N–H and O–H groups in total. The van der Waals surface area contributed by atoms with Crippen molar-refractivity contribution < 1.29 is 18.8 Å². The van der Waals surface area contributed by atoms with Gasteiger partial charge < -0.3 is 14.1 Å². The number of hydrogen-bond acceptors (Lipinski definition) is 5. The van der Waals surface area contributed by atoms with Crippen LogP contribution in [0.5, 0.6) is 5.75 Å². The van der Waals surface area contributed by atoms with E-state index < -0.39 is 15.0 Å². The van der Waals surface area contributed by atoms with E-state index in [1.165, 1.54) is 5.56 Å². The lowest BCUT2D eigenvalue weighted by molar-refractivity contribution is -0.141. The number of nitrogens with zero attached hydrogens (tertiary/aromatic N) is 1. The Kier molecular flexibility index (Phi) is 7.74. The average molecular weight is 466 g/mol. The van der Waals surface area contributed by atoms with Crippen LogP contribution < -0.4 is 4.43 Å². The normalized spacial score (nSPS) is 11.7. The summed E-state index contributed by atoms with van der Waals surface area (Å²) in [6.07, 6.45) is 1.20. The van der Waals surface area contributed by atoms with Crippen LogP contribution in [0.3, 0.4) is 0 Å². The quantitative estimate of drug-likeness (QED) is 0.198. The van der Waals surface area contributed by atoms with Gasteiger partial charge in [-0.05, 0) is 43.5 Å². The van der Waals surface area contributed by atoms with Crippen molar-refractivity contribution in [2.45, 2.75) is 65.5 Å². The monoisotopic (exact) mass is 465 g/mol. The van der Waals surface area contributed by atoms with Crippen molar-refractivity contribution in [2.75, 3.05) is 6.61 Å². The Bertz CT molecular complexity index is 1130. The molecule has 2 aromatic carbocycles. The Hall–Kier alpha value is -2.93. The maximum Gasteiger partial charge on any atom is 0.313 e. The van der Waals surface area contributed by atoms with E-state index in [-0.39, 0.29) is 24.2 Å². The minimum atomic E-state index is -1.17. The first-order valence-corrected chi connectivity index (χ1v) is 13.8. The summed E-state index contributed by atoms with van der Waals surface area (Å²) in [5, 5.41) is 0. The molecular weight excluding hydrogens is 432 g/mol. The van der Waals surface area contributed by atoms with Gasteiger partial charge in [-0.1, -0.05) is 51.1 Å². The standard InChI is InChI=1S/C26H33N2O4Si/c1-7-31-22(30)16-20(29)23-24-19(15-18(26(2,3)4)25(23)32-33(5)6)27-21(28-24)14-13-17-11-9-8-10-12-17/h8-12,15H,7,13-14,16H2,1-6H3,(H,27,28). The van der Waals surface area contributed by atoms with E-state index in [0.29, 0.717) is 23.3 Å². The number of carbonyl (C=O) groups excluding carboxylic acids is 2. The third-order valence-corrected chi connectivity index (χ3v) is 5.89. The largest absolute Gasteiger partial charge is 0.542 e. The van der Waals surface area contributed by atoms with Gasteiger partial charge in [0.15, 0.2) is 5.78 Å². The molecule has 0 spiro atoms. The lowest BCUT2D eigenvalue weighted by atomic mass is 9.84. The van der Waals surface area contributed by atoms with Crippen LogP contribution in [-0.4, -0.2) is 37.4 Å². The van der Waals surface area contributed by atoms with Crippen molar-refractivity contribution in [1.82, 2.24) is 9.97 Å². The van der Waals surface area contributed by atoms with Gasteiger partial charge in [0.25, 0.3) is 9.04 Å². The molecule has 0 aliphatic rings. The van der Waals surface area contributed by atoms with Gasteiger partial charge in [0.05, 0.1) is 17.7 Å². The molecule has 0 amide bonds. The van der Waals surface area contributed by atoms with Crippen LogP contribution in [0.1, 0.15) is 61.4 Å². The van der Waals surface area contributed by atoms with Crippen LogP contribution in [0, 0.1) is 0 Å². The number of aromatic amines is 1. The average Bonchev–Trinajstić information content (AvgIpc) is 3.14. The van der Waals surface area contributed by atoms with E-state index >= 15 is 0 Å². The molecule has 33 heavy (non-hydrogen) atoms. The Labute approximate surface area is 197 Å². The minimum absolute atomic E-state index is 0.232. The fourth-order valence-corrected chi connectivity index (χ4v) is 4.39. The first-order valence-electron chi connectivity index (χ1n) is 11.4. The Morgan fingerprint density at radius 3 is 2.39 bits per heavy atom. The predicted molar refractivity (Wildman–Crippen MR) is 132 cm³/mol. The predicted octanol–water partition coefficient (Wildman–Crippen LogP) is 5.41. The number of H-pyrrole nitrogens is 1. The van der Waals surface area contributed by atoms with E-state index in [1.807, 2.05) is 37.4 Å². The van der Waals surface area contributed by atoms with Gasteiger partial charge in [-0.3, -0.25) is 9.59 Å². The van der Waals surface area contributed by atoms with Crippen LogP contribution in [-0.2, 0) is 27.8 Å². The number of ketones is 1. The van der Waals surface area contributed by atoms with E-state index in [2.05, 4.69) is 37.9 Å². The molecule has 175 valence electrons. The molecule has 0 aliphatic heterocycles. The summed E-state index contributed by atoms with van der Waals surface area (Å²) < 4.78 is 11.3. The summed E-state index contributed by atoms with van der Waals surface area (Å²) in [4.78, 5) is 33.7. The van der Waals surface area contributed by atoms with Crippen LogP contribution in [0.2, 0.25) is 13.1 Å². The first kappa shape index (κ1) is 24.7. The molecule has 0 bridgehead atoms. The van der Waals surface area contributed by atoms with Gasteiger partial charge in [0.1, 0.15) is 23.5 Å². The molecule has 0 fully saturated rings. The minimum Gasteiger partial charge on any atom is -0.542 e. The molecule has 0 saturated heterocycles. The highest BCUT2D eigenvalue weighted by molar-refractivity contribution is 6.49. The van der Waals surface area contributed by atoms with Gasteiger partial charge in [0, 0.05) is 12.0 Å². The van der Waals surface area contributed by atoms with Crippen molar-refractivity contribution in [3.63, 3.8) is 0 Å². The fourth-order valence-electron chi connectivity index (χ4n) is 3.77. The molecule has 0 unspecified atom stereocenters. The molecule has 7 heteroatoms. The van der Waals surface area contributed by atoms with Gasteiger partial charge in [-0.2, -0.15) is 0 Å². The third kappa shape index (κ3) is 6.10. The number of nitrogens with one attached hydrogen (secondary N) is 1. The van der Waals surface area contributed by atoms with E-state index in [0.717, 1.165) is 23.3 Å². The summed E-state index contributed by atoms with van der Waals surface area (Å²) in [6, 6.07) is 12.3. The second-order valence-corrected chi connectivity index (χ2v) is 11.4. The molecule has 3 rings (SSSR count). The van der Waals surface area contributed by atoms with Crippen molar-refractivity contribution in [1.29, 1.82) is 0 Å². The van der Waals surface area contributed by atoms with Crippen molar-refractivity contribution in [3.8, 4) is 5.75 Å². The molecule has 3 aromatic rings.